The van der Waals surface area contributed by atoms with Crippen LogP contribution in [-0.4, -0.2) is 78.3 Å². The van der Waals surface area contributed by atoms with E-state index >= 15 is 0 Å². The minimum Gasteiger partial charge on any atom is -0.465 e. The number of hydrogen-bond acceptors (Lipinski definition) is 7. The number of esters is 1. The summed E-state index contributed by atoms with van der Waals surface area (Å²) in [6.45, 7) is 8.21. The van der Waals surface area contributed by atoms with Crippen molar-refractivity contribution in [3.8, 4) is 5.75 Å². The van der Waals surface area contributed by atoms with Gasteiger partial charge in [-0.2, -0.15) is 0 Å². The Kier molecular flexibility index (Phi) is 8.77. The van der Waals surface area contributed by atoms with Gasteiger partial charge in [-0.1, -0.05) is 18.2 Å². The second-order valence-corrected chi connectivity index (χ2v) is 11.2. The van der Waals surface area contributed by atoms with Crippen molar-refractivity contribution in [1.29, 1.82) is 0 Å². The normalized spacial score (nSPS) is 28.5. The zero-order chi connectivity index (χ0) is 26.5. The van der Waals surface area contributed by atoms with Gasteiger partial charge in [0.25, 0.3) is 0 Å². The van der Waals surface area contributed by atoms with Crippen molar-refractivity contribution in [2.75, 3.05) is 32.9 Å². The minimum absolute atomic E-state index is 0.0919. The molecule has 2 heterocycles. The van der Waals surface area contributed by atoms with Crippen LogP contribution in [0.4, 0.5) is 4.79 Å². The molecule has 204 valence electrons. The maximum Gasteiger partial charge on any atom is 0.407 e. The number of ether oxygens (including phenoxy) is 4. The smallest absolute Gasteiger partial charge is 0.407 e. The standard InChI is InChI=1S/C28H40N2O7/c1-27(2,3)37-25(31)12-16-35-23-7-5-4-6-22(23)20-8-10-21(11-9-20)36-18-24-28(19-34-17-14-29-28)13-15-30(24)26(32)33/h4-7,12,16,20-21,24,29H,8-11,13-15,17-19H2,1-3H3,(H,32,33). The zero-order valence-electron chi connectivity index (χ0n) is 22.1. The molecule has 1 aromatic carbocycles. The molecule has 0 bridgehead atoms. The summed E-state index contributed by atoms with van der Waals surface area (Å²) in [5, 5.41) is 13.3. The summed E-state index contributed by atoms with van der Waals surface area (Å²) in [4.78, 5) is 25.3. The first-order valence-corrected chi connectivity index (χ1v) is 13.3. The number of para-hydroxylation sites is 1. The van der Waals surface area contributed by atoms with E-state index in [1.54, 1.807) is 0 Å². The predicted molar refractivity (Wildman–Crippen MR) is 138 cm³/mol. The number of likely N-dealkylation sites (tertiary alicyclic amines) is 1. The molecule has 2 aliphatic heterocycles. The van der Waals surface area contributed by atoms with Gasteiger partial charge >= 0.3 is 12.1 Å². The second kappa shape index (κ2) is 11.8. The van der Waals surface area contributed by atoms with Crippen LogP contribution < -0.4 is 10.1 Å². The number of amides is 1. The van der Waals surface area contributed by atoms with E-state index in [1.165, 1.54) is 17.2 Å². The third kappa shape index (κ3) is 7.03. The van der Waals surface area contributed by atoms with Crippen LogP contribution in [0.3, 0.4) is 0 Å². The molecular formula is C28H40N2O7. The molecule has 2 atom stereocenters. The molecular weight excluding hydrogens is 476 g/mol. The largest absolute Gasteiger partial charge is 0.465 e. The number of nitrogens with one attached hydrogen (secondary N) is 1. The Morgan fingerprint density at radius 3 is 2.65 bits per heavy atom. The highest BCUT2D eigenvalue weighted by Gasteiger charge is 2.50. The molecule has 1 spiro atoms. The van der Waals surface area contributed by atoms with Crippen LogP contribution in [0.15, 0.2) is 36.6 Å². The van der Waals surface area contributed by atoms with Gasteiger partial charge in [0.05, 0.1) is 49.8 Å². The van der Waals surface area contributed by atoms with E-state index in [4.69, 9.17) is 18.9 Å². The number of benzene rings is 1. The highest BCUT2D eigenvalue weighted by molar-refractivity contribution is 5.82. The summed E-state index contributed by atoms with van der Waals surface area (Å²) >= 11 is 0. The van der Waals surface area contributed by atoms with Crippen molar-refractivity contribution in [2.45, 2.75) is 82.1 Å². The molecule has 3 aliphatic rings. The fraction of sp³-hybridized carbons (Fsp3) is 0.643. The number of morpholine rings is 1. The average Bonchev–Trinajstić information content (AvgIpc) is 3.20. The summed E-state index contributed by atoms with van der Waals surface area (Å²) in [6.07, 6.45) is 6.28. The highest BCUT2D eigenvalue weighted by Crippen LogP contribution is 2.39. The van der Waals surface area contributed by atoms with Gasteiger partial charge in [-0.25, -0.2) is 9.59 Å². The van der Waals surface area contributed by atoms with Gasteiger partial charge in [0.15, 0.2) is 0 Å². The van der Waals surface area contributed by atoms with E-state index in [9.17, 15) is 14.7 Å². The fourth-order valence-corrected chi connectivity index (χ4v) is 5.66. The lowest BCUT2D eigenvalue weighted by Crippen LogP contribution is -2.63. The van der Waals surface area contributed by atoms with Gasteiger partial charge in [-0.15, -0.1) is 0 Å². The topological polar surface area (TPSA) is 107 Å². The monoisotopic (exact) mass is 516 g/mol. The second-order valence-electron chi connectivity index (χ2n) is 11.2. The van der Waals surface area contributed by atoms with Crippen LogP contribution in [0.5, 0.6) is 5.75 Å². The van der Waals surface area contributed by atoms with E-state index in [2.05, 4.69) is 11.4 Å². The summed E-state index contributed by atoms with van der Waals surface area (Å²) in [6, 6.07) is 7.65. The lowest BCUT2D eigenvalue weighted by atomic mass is 9.82. The quantitative estimate of drug-likeness (QED) is 0.317. The van der Waals surface area contributed by atoms with Gasteiger partial charge < -0.3 is 34.3 Å². The molecule has 1 saturated carbocycles. The van der Waals surface area contributed by atoms with Crippen LogP contribution >= 0.6 is 0 Å². The van der Waals surface area contributed by atoms with Gasteiger partial charge in [-0.3, -0.25) is 0 Å². The van der Waals surface area contributed by atoms with E-state index in [0.717, 1.165) is 50.0 Å². The molecule has 2 N–H and O–H groups in total. The maximum absolute atomic E-state index is 11.9. The Hall–Kier alpha value is -2.62. The molecule has 0 radical (unpaired) electrons. The number of carboxylic acid groups (broad SMARTS) is 1. The molecule has 1 amide bonds. The first kappa shape index (κ1) is 27.4. The summed E-state index contributed by atoms with van der Waals surface area (Å²) in [5.41, 5.74) is 0.201. The molecule has 37 heavy (non-hydrogen) atoms. The van der Waals surface area contributed by atoms with Gasteiger partial charge in [0, 0.05) is 13.1 Å². The number of rotatable bonds is 7. The Morgan fingerprint density at radius 2 is 1.97 bits per heavy atom. The van der Waals surface area contributed by atoms with Gasteiger partial charge in [-0.05, 0) is 70.4 Å². The fourth-order valence-electron chi connectivity index (χ4n) is 5.66. The molecule has 2 unspecified atom stereocenters. The van der Waals surface area contributed by atoms with Crippen LogP contribution in [0.1, 0.15) is 64.4 Å². The highest BCUT2D eigenvalue weighted by atomic mass is 16.6. The molecule has 1 aliphatic carbocycles. The summed E-state index contributed by atoms with van der Waals surface area (Å²) < 4.78 is 23.1. The molecule has 4 rings (SSSR count). The van der Waals surface area contributed by atoms with Crippen LogP contribution in [-0.2, 0) is 19.0 Å². The van der Waals surface area contributed by atoms with Gasteiger partial charge in [0.1, 0.15) is 11.4 Å². The number of hydrogen-bond donors (Lipinski definition) is 2. The van der Waals surface area contributed by atoms with E-state index in [-0.39, 0.29) is 17.7 Å². The van der Waals surface area contributed by atoms with Crippen molar-refractivity contribution >= 4 is 12.1 Å². The van der Waals surface area contributed by atoms with Crippen LogP contribution in [0.2, 0.25) is 0 Å². The van der Waals surface area contributed by atoms with Crippen molar-refractivity contribution < 1.29 is 33.6 Å². The number of carbonyl (C=O) groups excluding carboxylic acids is 1. The Bertz CT molecular complexity index is 960. The SMILES string of the molecule is CC(C)(C)OC(=O)C=COc1ccccc1C1CCC(OCC2N(C(=O)O)CCC23COCCN3)CC1. The van der Waals surface area contributed by atoms with E-state index in [0.29, 0.717) is 32.3 Å². The summed E-state index contributed by atoms with van der Waals surface area (Å²) in [7, 11) is 0. The molecule has 9 nitrogen and oxygen atoms in total. The predicted octanol–water partition coefficient (Wildman–Crippen LogP) is 4.07. The average molecular weight is 517 g/mol. The van der Waals surface area contributed by atoms with Crippen molar-refractivity contribution in [1.82, 2.24) is 10.2 Å². The molecule has 1 aromatic rings. The molecule has 2 saturated heterocycles. The number of nitrogens with zero attached hydrogens (tertiary/aromatic N) is 1. The van der Waals surface area contributed by atoms with E-state index in [1.807, 2.05) is 39.0 Å². The Morgan fingerprint density at radius 1 is 1.22 bits per heavy atom. The first-order valence-electron chi connectivity index (χ1n) is 13.3. The Balaban J connectivity index is 1.31. The van der Waals surface area contributed by atoms with Gasteiger partial charge in [0.2, 0.25) is 0 Å². The Labute approximate surface area is 219 Å². The lowest BCUT2D eigenvalue weighted by Gasteiger charge is -2.41. The van der Waals surface area contributed by atoms with E-state index < -0.39 is 17.7 Å². The van der Waals surface area contributed by atoms with Crippen LogP contribution in [0, 0.1) is 0 Å². The lowest BCUT2D eigenvalue weighted by molar-refractivity contribution is -0.148. The molecule has 0 aromatic heterocycles. The molecule has 9 heteroatoms. The van der Waals surface area contributed by atoms with Crippen molar-refractivity contribution in [3.63, 3.8) is 0 Å². The third-order valence-corrected chi connectivity index (χ3v) is 7.47. The number of carbonyl (C=O) groups is 2. The third-order valence-electron chi connectivity index (χ3n) is 7.47. The maximum atomic E-state index is 11.9. The van der Waals surface area contributed by atoms with Crippen molar-refractivity contribution in [3.05, 3.63) is 42.2 Å². The molecule has 3 fully saturated rings. The first-order chi connectivity index (χ1) is 17.7. The van der Waals surface area contributed by atoms with Crippen LogP contribution in [0.25, 0.3) is 0 Å². The zero-order valence-corrected chi connectivity index (χ0v) is 22.1. The minimum atomic E-state index is -0.904. The summed E-state index contributed by atoms with van der Waals surface area (Å²) in [5.74, 6) is 0.621. The van der Waals surface area contributed by atoms with Crippen molar-refractivity contribution in [2.24, 2.45) is 0 Å².